The number of ether oxygens (including phenoxy) is 1. The van der Waals surface area contributed by atoms with Gasteiger partial charge in [0.15, 0.2) is 0 Å². The van der Waals surface area contributed by atoms with Crippen LogP contribution in [0.4, 0.5) is 11.5 Å². The summed E-state index contributed by atoms with van der Waals surface area (Å²) < 4.78 is 5.11. The lowest BCUT2D eigenvalue weighted by atomic mass is 10.1. The SMILES string of the molecule is COc1ccc(N)cc1C(=O)Nc1cc(Cl)nc(Cl)n1. The molecule has 8 heteroatoms. The van der Waals surface area contributed by atoms with Crippen LogP contribution in [0.3, 0.4) is 0 Å². The number of halogens is 2. The number of carbonyl (C=O) groups excluding carboxylic acids is 1. The Morgan fingerprint density at radius 2 is 2.05 bits per heavy atom. The normalized spacial score (nSPS) is 10.2. The molecule has 0 aliphatic rings. The topological polar surface area (TPSA) is 90.1 Å². The highest BCUT2D eigenvalue weighted by Crippen LogP contribution is 2.22. The summed E-state index contributed by atoms with van der Waals surface area (Å²) in [7, 11) is 1.46. The monoisotopic (exact) mass is 312 g/mol. The van der Waals surface area contributed by atoms with Gasteiger partial charge in [-0.25, -0.2) is 9.97 Å². The maximum atomic E-state index is 12.2. The number of amides is 1. The van der Waals surface area contributed by atoms with Crippen molar-refractivity contribution in [1.29, 1.82) is 0 Å². The van der Waals surface area contributed by atoms with Gasteiger partial charge in [0.2, 0.25) is 5.28 Å². The first-order valence-corrected chi connectivity index (χ1v) is 6.20. The number of benzene rings is 1. The third kappa shape index (κ3) is 3.28. The van der Waals surface area contributed by atoms with Gasteiger partial charge in [0, 0.05) is 11.8 Å². The van der Waals surface area contributed by atoms with Crippen LogP contribution in [0.15, 0.2) is 24.3 Å². The van der Waals surface area contributed by atoms with Crippen molar-refractivity contribution < 1.29 is 9.53 Å². The summed E-state index contributed by atoms with van der Waals surface area (Å²) >= 11 is 11.4. The Labute approximate surface area is 124 Å². The average molecular weight is 313 g/mol. The largest absolute Gasteiger partial charge is 0.496 e. The molecule has 0 radical (unpaired) electrons. The van der Waals surface area contributed by atoms with Crippen LogP contribution in [0, 0.1) is 0 Å². The molecule has 3 N–H and O–H groups in total. The van der Waals surface area contributed by atoms with Crippen LogP contribution in [0.25, 0.3) is 0 Å². The van der Waals surface area contributed by atoms with Gasteiger partial charge in [0.1, 0.15) is 16.7 Å². The Bertz CT molecular complexity index is 644. The predicted octanol–water partition coefficient (Wildman–Crippen LogP) is 2.63. The highest BCUT2D eigenvalue weighted by atomic mass is 35.5. The second-order valence-corrected chi connectivity index (χ2v) is 4.48. The summed E-state index contributed by atoms with van der Waals surface area (Å²) in [5.74, 6) is 0.132. The molecule has 1 amide bonds. The summed E-state index contributed by atoms with van der Waals surface area (Å²) in [6, 6.07) is 6.11. The van der Waals surface area contributed by atoms with Gasteiger partial charge in [-0.2, -0.15) is 0 Å². The highest BCUT2D eigenvalue weighted by Gasteiger charge is 2.14. The molecule has 1 heterocycles. The van der Waals surface area contributed by atoms with Crippen LogP contribution < -0.4 is 15.8 Å². The molecule has 2 aromatic rings. The fourth-order valence-corrected chi connectivity index (χ4v) is 1.95. The standard InChI is InChI=1S/C12H10Cl2N4O2/c1-20-8-3-2-6(15)4-7(8)11(19)17-10-5-9(13)16-12(14)18-10/h2-5H,15H2,1H3,(H,16,17,18,19). The minimum Gasteiger partial charge on any atom is -0.496 e. The van der Waals surface area contributed by atoms with E-state index in [0.717, 1.165) is 0 Å². The Morgan fingerprint density at radius 3 is 2.70 bits per heavy atom. The van der Waals surface area contributed by atoms with E-state index < -0.39 is 5.91 Å². The summed E-state index contributed by atoms with van der Waals surface area (Å²) in [6.07, 6.45) is 0. The molecular weight excluding hydrogens is 303 g/mol. The van der Waals surface area contributed by atoms with Crippen LogP contribution in [0.5, 0.6) is 5.75 Å². The maximum Gasteiger partial charge on any atom is 0.260 e. The van der Waals surface area contributed by atoms with Crippen LogP contribution in [0.1, 0.15) is 10.4 Å². The van der Waals surface area contributed by atoms with E-state index in [0.29, 0.717) is 11.4 Å². The fourth-order valence-electron chi connectivity index (χ4n) is 1.54. The Morgan fingerprint density at radius 1 is 1.30 bits per heavy atom. The van der Waals surface area contributed by atoms with Gasteiger partial charge >= 0.3 is 0 Å². The molecule has 0 spiro atoms. The molecule has 1 aromatic carbocycles. The first kappa shape index (κ1) is 14.4. The lowest BCUT2D eigenvalue weighted by Gasteiger charge is -2.09. The van der Waals surface area contributed by atoms with Crippen LogP contribution in [0.2, 0.25) is 10.4 Å². The summed E-state index contributed by atoms with van der Waals surface area (Å²) in [5.41, 5.74) is 6.37. The summed E-state index contributed by atoms with van der Waals surface area (Å²) in [5, 5.41) is 2.61. The summed E-state index contributed by atoms with van der Waals surface area (Å²) in [6.45, 7) is 0. The lowest BCUT2D eigenvalue weighted by Crippen LogP contribution is -2.14. The Balaban J connectivity index is 2.30. The van der Waals surface area contributed by atoms with Crippen molar-refractivity contribution in [3.05, 3.63) is 40.3 Å². The van der Waals surface area contributed by atoms with E-state index in [1.807, 2.05) is 0 Å². The number of aromatic nitrogens is 2. The maximum absolute atomic E-state index is 12.2. The van der Waals surface area contributed by atoms with Crippen molar-refractivity contribution in [3.63, 3.8) is 0 Å². The Kier molecular flexibility index (Phi) is 4.26. The van der Waals surface area contributed by atoms with Crippen molar-refractivity contribution in [2.45, 2.75) is 0 Å². The van der Waals surface area contributed by atoms with Gasteiger partial charge in [-0.1, -0.05) is 11.6 Å². The number of nitrogens with two attached hydrogens (primary N) is 1. The van der Waals surface area contributed by atoms with Gasteiger partial charge in [-0.15, -0.1) is 0 Å². The molecule has 0 saturated heterocycles. The number of nitrogens with one attached hydrogen (secondary N) is 1. The molecule has 0 bridgehead atoms. The van der Waals surface area contributed by atoms with E-state index in [4.69, 9.17) is 33.7 Å². The minimum absolute atomic E-state index is 0.0626. The number of methoxy groups -OCH3 is 1. The van der Waals surface area contributed by atoms with Crippen LogP contribution >= 0.6 is 23.2 Å². The number of nitrogens with zero attached hydrogens (tertiary/aromatic N) is 2. The number of anilines is 2. The molecule has 0 atom stereocenters. The van der Waals surface area contributed by atoms with Gasteiger partial charge in [0.05, 0.1) is 12.7 Å². The van der Waals surface area contributed by atoms with Crippen molar-refractivity contribution in [1.82, 2.24) is 9.97 Å². The summed E-state index contributed by atoms with van der Waals surface area (Å²) in [4.78, 5) is 19.7. The van der Waals surface area contributed by atoms with Gasteiger partial charge < -0.3 is 15.8 Å². The quantitative estimate of drug-likeness (QED) is 0.516. The first-order chi connectivity index (χ1) is 9.49. The second kappa shape index (κ2) is 5.94. The predicted molar refractivity (Wildman–Crippen MR) is 77.4 cm³/mol. The molecule has 0 aliphatic carbocycles. The highest BCUT2D eigenvalue weighted by molar-refractivity contribution is 6.32. The second-order valence-electron chi connectivity index (χ2n) is 3.76. The molecule has 6 nitrogen and oxygen atoms in total. The molecule has 0 aliphatic heterocycles. The van der Waals surface area contributed by atoms with E-state index >= 15 is 0 Å². The number of rotatable bonds is 3. The number of carbonyl (C=O) groups is 1. The first-order valence-electron chi connectivity index (χ1n) is 5.44. The van der Waals surface area contributed by atoms with E-state index in [1.165, 1.54) is 19.2 Å². The zero-order valence-corrected chi connectivity index (χ0v) is 11.9. The number of hydrogen-bond acceptors (Lipinski definition) is 5. The molecule has 2 rings (SSSR count). The zero-order valence-electron chi connectivity index (χ0n) is 10.4. The van der Waals surface area contributed by atoms with E-state index in [1.54, 1.807) is 12.1 Å². The van der Waals surface area contributed by atoms with Gasteiger partial charge in [-0.3, -0.25) is 4.79 Å². The zero-order chi connectivity index (χ0) is 14.7. The molecule has 0 saturated carbocycles. The van der Waals surface area contributed by atoms with Crippen molar-refractivity contribution in [2.24, 2.45) is 0 Å². The van der Waals surface area contributed by atoms with Crippen molar-refractivity contribution >= 4 is 40.6 Å². The van der Waals surface area contributed by atoms with E-state index in [9.17, 15) is 4.79 Å². The van der Waals surface area contributed by atoms with Gasteiger partial charge in [0.25, 0.3) is 5.91 Å². The van der Waals surface area contributed by atoms with Crippen LogP contribution in [-0.4, -0.2) is 23.0 Å². The average Bonchev–Trinajstić information content (AvgIpc) is 2.37. The molecule has 20 heavy (non-hydrogen) atoms. The molecule has 0 unspecified atom stereocenters. The van der Waals surface area contributed by atoms with Gasteiger partial charge in [-0.05, 0) is 29.8 Å². The third-order valence-electron chi connectivity index (χ3n) is 2.38. The molecule has 0 fully saturated rings. The van der Waals surface area contributed by atoms with Crippen LogP contribution in [-0.2, 0) is 0 Å². The number of nitrogen functional groups attached to an aromatic ring is 1. The van der Waals surface area contributed by atoms with E-state index in [-0.39, 0.29) is 21.8 Å². The van der Waals surface area contributed by atoms with Crippen molar-refractivity contribution in [3.8, 4) is 5.75 Å². The van der Waals surface area contributed by atoms with Crippen molar-refractivity contribution in [2.75, 3.05) is 18.2 Å². The van der Waals surface area contributed by atoms with E-state index in [2.05, 4.69) is 15.3 Å². The Hall–Kier alpha value is -2.05. The molecular formula is C12H10Cl2N4O2. The smallest absolute Gasteiger partial charge is 0.260 e. The lowest BCUT2D eigenvalue weighted by molar-refractivity contribution is 0.102. The number of hydrogen-bond donors (Lipinski definition) is 2. The fraction of sp³-hybridized carbons (Fsp3) is 0.0833. The molecule has 104 valence electrons. The molecule has 1 aromatic heterocycles. The minimum atomic E-state index is -0.444. The third-order valence-corrected chi connectivity index (χ3v) is 2.74.